The SMILES string of the molecule is CC(C)(C)NCC1(c2ccc(Cl)cc2Cl)CCCC1. The van der Waals surface area contributed by atoms with E-state index in [1.807, 2.05) is 12.1 Å². The fraction of sp³-hybridized carbons (Fsp3) is 0.625. The molecule has 0 aliphatic heterocycles. The summed E-state index contributed by atoms with van der Waals surface area (Å²) in [5.74, 6) is 0. The molecule has 0 bridgehead atoms. The first-order chi connectivity index (χ1) is 8.82. The van der Waals surface area contributed by atoms with Gasteiger partial charge in [0.2, 0.25) is 0 Å². The molecule has 1 saturated carbocycles. The zero-order valence-corrected chi connectivity index (χ0v) is 13.5. The van der Waals surface area contributed by atoms with Gasteiger partial charge in [0.25, 0.3) is 0 Å². The van der Waals surface area contributed by atoms with Crippen LogP contribution >= 0.6 is 23.2 Å². The van der Waals surface area contributed by atoms with E-state index < -0.39 is 0 Å². The third-order valence-corrected chi connectivity index (χ3v) is 4.57. The maximum absolute atomic E-state index is 6.44. The van der Waals surface area contributed by atoms with Crippen LogP contribution in [0.4, 0.5) is 0 Å². The Hall–Kier alpha value is -0.240. The maximum Gasteiger partial charge on any atom is 0.0458 e. The first kappa shape index (κ1) is 15.2. The molecule has 1 fully saturated rings. The van der Waals surface area contributed by atoms with Crippen molar-refractivity contribution >= 4 is 23.2 Å². The number of hydrogen-bond donors (Lipinski definition) is 1. The van der Waals surface area contributed by atoms with Gasteiger partial charge in [-0.25, -0.2) is 0 Å². The lowest BCUT2D eigenvalue weighted by Crippen LogP contribution is -2.45. The predicted octanol–water partition coefficient (Wildman–Crippen LogP) is 5.19. The molecule has 0 saturated heterocycles. The molecule has 0 aromatic heterocycles. The summed E-state index contributed by atoms with van der Waals surface area (Å²) in [6.07, 6.45) is 4.98. The third kappa shape index (κ3) is 3.65. The Bertz CT molecular complexity index is 443. The van der Waals surface area contributed by atoms with Gasteiger partial charge in [-0.1, -0.05) is 42.1 Å². The van der Waals surface area contributed by atoms with E-state index in [1.54, 1.807) is 0 Å². The van der Waals surface area contributed by atoms with E-state index in [1.165, 1.54) is 31.2 Å². The van der Waals surface area contributed by atoms with Gasteiger partial charge in [-0.05, 0) is 51.3 Å². The topological polar surface area (TPSA) is 12.0 Å². The maximum atomic E-state index is 6.44. The average Bonchev–Trinajstić information content (AvgIpc) is 2.75. The van der Waals surface area contributed by atoms with Crippen LogP contribution in [0.1, 0.15) is 52.0 Å². The van der Waals surface area contributed by atoms with E-state index in [0.29, 0.717) is 5.02 Å². The van der Waals surface area contributed by atoms with Gasteiger partial charge in [-0.2, -0.15) is 0 Å². The van der Waals surface area contributed by atoms with E-state index in [4.69, 9.17) is 23.2 Å². The lowest BCUT2D eigenvalue weighted by molar-refractivity contribution is 0.333. The molecular weight excluding hydrogens is 277 g/mol. The van der Waals surface area contributed by atoms with E-state index in [0.717, 1.165) is 11.6 Å². The molecule has 1 aromatic carbocycles. The van der Waals surface area contributed by atoms with E-state index in [9.17, 15) is 0 Å². The molecule has 2 rings (SSSR count). The average molecular weight is 300 g/mol. The summed E-state index contributed by atoms with van der Waals surface area (Å²) >= 11 is 12.5. The van der Waals surface area contributed by atoms with Crippen molar-refractivity contribution in [2.24, 2.45) is 0 Å². The van der Waals surface area contributed by atoms with Crippen molar-refractivity contribution in [3.05, 3.63) is 33.8 Å². The van der Waals surface area contributed by atoms with Crippen molar-refractivity contribution in [2.75, 3.05) is 6.54 Å². The van der Waals surface area contributed by atoms with Crippen molar-refractivity contribution in [1.29, 1.82) is 0 Å². The van der Waals surface area contributed by atoms with Crippen molar-refractivity contribution in [3.8, 4) is 0 Å². The van der Waals surface area contributed by atoms with Gasteiger partial charge < -0.3 is 5.32 Å². The van der Waals surface area contributed by atoms with Crippen LogP contribution in [0.3, 0.4) is 0 Å². The van der Waals surface area contributed by atoms with Crippen LogP contribution in [-0.4, -0.2) is 12.1 Å². The molecule has 0 radical (unpaired) electrons. The van der Waals surface area contributed by atoms with Crippen molar-refractivity contribution in [2.45, 2.75) is 57.4 Å². The minimum Gasteiger partial charge on any atom is -0.311 e. The Morgan fingerprint density at radius 3 is 2.32 bits per heavy atom. The Morgan fingerprint density at radius 1 is 1.16 bits per heavy atom. The Kier molecular flexibility index (Phi) is 4.49. The summed E-state index contributed by atoms with van der Waals surface area (Å²) in [6.45, 7) is 7.61. The molecule has 1 aliphatic rings. The highest BCUT2D eigenvalue weighted by Crippen LogP contribution is 2.44. The van der Waals surface area contributed by atoms with Crippen LogP contribution in [0.25, 0.3) is 0 Å². The number of hydrogen-bond acceptors (Lipinski definition) is 1. The fourth-order valence-corrected chi connectivity index (χ4v) is 3.56. The van der Waals surface area contributed by atoms with Gasteiger partial charge in [0.1, 0.15) is 0 Å². The molecule has 0 amide bonds. The summed E-state index contributed by atoms with van der Waals surface area (Å²) < 4.78 is 0. The third-order valence-electron chi connectivity index (χ3n) is 4.02. The van der Waals surface area contributed by atoms with Crippen LogP contribution in [-0.2, 0) is 5.41 Å². The van der Waals surface area contributed by atoms with Gasteiger partial charge in [0.15, 0.2) is 0 Å². The number of benzene rings is 1. The molecule has 0 spiro atoms. The smallest absolute Gasteiger partial charge is 0.0458 e. The predicted molar refractivity (Wildman–Crippen MR) is 84.4 cm³/mol. The molecule has 106 valence electrons. The van der Waals surface area contributed by atoms with E-state index in [2.05, 4.69) is 32.2 Å². The molecule has 1 N–H and O–H groups in total. The molecule has 1 aromatic rings. The highest BCUT2D eigenvalue weighted by molar-refractivity contribution is 6.35. The molecule has 19 heavy (non-hydrogen) atoms. The van der Waals surface area contributed by atoms with Crippen LogP contribution in [0, 0.1) is 0 Å². The fourth-order valence-electron chi connectivity index (χ4n) is 2.95. The van der Waals surface area contributed by atoms with Crippen molar-refractivity contribution in [1.82, 2.24) is 5.32 Å². The highest BCUT2D eigenvalue weighted by atomic mass is 35.5. The first-order valence-electron chi connectivity index (χ1n) is 7.03. The zero-order chi connectivity index (χ0) is 14.1. The highest BCUT2D eigenvalue weighted by Gasteiger charge is 2.37. The largest absolute Gasteiger partial charge is 0.311 e. The summed E-state index contributed by atoms with van der Waals surface area (Å²) in [4.78, 5) is 0. The van der Waals surface area contributed by atoms with Crippen molar-refractivity contribution < 1.29 is 0 Å². The van der Waals surface area contributed by atoms with Gasteiger partial charge in [-0.3, -0.25) is 0 Å². The van der Waals surface area contributed by atoms with E-state index in [-0.39, 0.29) is 11.0 Å². The van der Waals surface area contributed by atoms with Crippen LogP contribution < -0.4 is 5.32 Å². The van der Waals surface area contributed by atoms with Crippen LogP contribution in [0.5, 0.6) is 0 Å². The lowest BCUT2D eigenvalue weighted by Gasteiger charge is -2.34. The second kappa shape index (κ2) is 5.63. The van der Waals surface area contributed by atoms with E-state index >= 15 is 0 Å². The Labute approximate surface area is 126 Å². The number of halogens is 2. The standard InChI is InChI=1S/C16H23Cl2N/c1-15(2,3)19-11-16(8-4-5-9-16)13-7-6-12(17)10-14(13)18/h6-7,10,19H,4-5,8-9,11H2,1-3H3. The second-order valence-electron chi connectivity index (χ2n) is 6.72. The lowest BCUT2D eigenvalue weighted by atomic mass is 9.78. The number of nitrogens with one attached hydrogen (secondary N) is 1. The van der Waals surface area contributed by atoms with Gasteiger partial charge >= 0.3 is 0 Å². The zero-order valence-electron chi connectivity index (χ0n) is 12.0. The summed E-state index contributed by atoms with van der Waals surface area (Å²) in [5, 5.41) is 5.18. The second-order valence-corrected chi connectivity index (χ2v) is 7.56. The van der Waals surface area contributed by atoms with Crippen LogP contribution in [0.2, 0.25) is 10.0 Å². The molecular formula is C16H23Cl2N. The minimum absolute atomic E-state index is 0.133. The molecule has 1 aliphatic carbocycles. The first-order valence-corrected chi connectivity index (χ1v) is 7.79. The minimum atomic E-state index is 0.133. The Morgan fingerprint density at radius 2 is 1.79 bits per heavy atom. The molecule has 0 atom stereocenters. The molecule has 1 nitrogen and oxygen atoms in total. The molecule has 3 heteroatoms. The monoisotopic (exact) mass is 299 g/mol. The van der Waals surface area contributed by atoms with Crippen LogP contribution in [0.15, 0.2) is 18.2 Å². The molecule has 0 unspecified atom stereocenters. The quantitative estimate of drug-likeness (QED) is 0.809. The molecule has 0 heterocycles. The van der Waals surface area contributed by atoms with Gasteiger partial charge in [-0.15, -0.1) is 0 Å². The Balaban J connectivity index is 2.28. The normalized spacial score (nSPS) is 18.8. The van der Waals surface area contributed by atoms with Gasteiger partial charge in [0, 0.05) is 27.5 Å². The van der Waals surface area contributed by atoms with Gasteiger partial charge in [0.05, 0.1) is 0 Å². The summed E-state index contributed by atoms with van der Waals surface area (Å²) in [5.41, 5.74) is 1.57. The summed E-state index contributed by atoms with van der Waals surface area (Å²) in [7, 11) is 0. The van der Waals surface area contributed by atoms with Crippen molar-refractivity contribution in [3.63, 3.8) is 0 Å². The summed E-state index contributed by atoms with van der Waals surface area (Å²) in [6, 6.07) is 5.94. The number of rotatable bonds is 3.